The molecule has 0 N–H and O–H groups in total. The lowest BCUT2D eigenvalue weighted by molar-refractivity contribution is 0.134. The molecule has 2 rings (SSSR count). The standard InChI is InChI=1S/C23H38N2/c1-3-5-6-7-8-9-10-14-17-23-24(18-4-2)19-20-25(23)21-22-15-12-11-13-16-22/h11-13,15-16,19-20,23H,3-10,14,17-18,21H2,1-2H3. The fourth-order valence-corrected chi connectivity index (χ4v) is 3.79. The molecular weight excluding hydrogens is 304 g/mol. The highest BCUT2D eigenvalue weighted by atomic mass is 15.4. The average molecular weight is 343 g/mol. The van der Waals surface area contributed by atoms with E-state index in [1.165, 1.54) is 76.3 Å². The van der Waals surface area contributed by atoms with E-state index in [4.69, 9.17) is 0 Å². The van der Waals surface area contributed by atoms with Gasteiger partial charge in [-0.15, -0.1) is 0 Å². The molecule has 0 fully saturated rings. The van der Waals surface area contributed by atoms with Crippen LogP contribution < -0.4 is 0 Å². The monoisotopic (exact) mass is 342 g/mol. The molecule has 1 aromatic carbocycles. The Morgan fingerprint density at radius 3 is 2.04 bits per heavy atom. The van der Waals surface area contributed by atoms with Crippen LogP contribution in [-0.4, -0.2) is 22.5 Å². The summed E-state index contributed by atoms with van der Waals surface area (Å²) in [6, 6.07) is 10.9. The molecule has 2 heteroatoms. The molecule has 1 aromatic rings. The molecule has 0 aliphatic carbocycles. The first kappa shape index (κ1) is 19.9. The van der Waals surface area contributed by atoms with Gasteiger partial charge in [0.25, 0.3) is 0 Å². The van der Waals surface area contributed by atoms with Crippen molar-refractivity contribution < 1.29 is 0 Å². The van der Waals surface area contributed by atoms with Crippen LogP contribution >= 0.6 is 0 Å². The Morgan fingerprint density at radius 1 is 0.720 bits per heavy atom. The Morgan fingerprint density at radius 2 is 1.36 bits per heavy atom. The molecule has 25 heavy (non-hydrogen) atoms. The van der Waals surface area contributed by atoms with Crippen molar-refractivity contribution in [2.24, 2.45) is 0 Å². The first-order chi connectivity index (χ1) is 12.3. The average Bonchev–Trinajstić information content (AvgIpc) is 3.00. The van der Waals surface area contributed by atoms with Gasteiger partial charge in [-0.2, -0.15) is 0 Å². The zero-order valence-corrected chi connectivity index (χ0v) is 16.5. The Hall–Kier alpha value is -1.44. The van der Waals surface area contributed by atoms with Gasteiger partial charge >= 0.3 is 0 Å². The van der Waals surface area contributed by atoms with Gasteiger partial charge in [-0.05, 0) is 24.8 Å². The van der Waals surface area contributed by atoms with Crippen LogP contribution in [0, 0.1) is 0 Å². The van der Waals surface area contributed by atoms with Crippen molar-refractivity contribution in [3.8, 4) is 0 Å². The van der Waals surface area contributed by atoms with Gasteiger partial charge in [0.15, 0.2) is 0 Å². The maximum atomic E-state index is 2.55. The lowest BCUT2D eigenvalue weighted by Gasteiger charge is -2.33. The second-order valence-electron chi connectivity index (χ2n) is 7.44. The maximum Gasteiger partial charge on any atom is 0.101 e. The lowest BCUT2D eigenvalue weighted by atomic mass is 10.1. The van der Waals surface area contributed by atoms with E-state index in [2.05, 4.69) is 66.4 Å². The highest BCUT2D eigenvalue weighted by molar-refractivity contribution is 5.15. The number of unbranched alkanes of at least 4 members (excludes halogenated alkanes) is 7. The van der Waals surface area contributed by atoms with Gasteiger partial charge in [0.05, 0.1) is 0 Å². The van der Waals surface area contributed by atoms with Gasteiger partial charge in [-0.1, -0.05) is 89.1 Å². The van der Waals surface area contributed by atoms with Crippen LogP contribution in [0.25, 0.3) is 0 Å². The topological polar surface area (TPSA) is 6.48 Å². The number of nitrogens with zero attached hydrogens (tertiary/aromatic N) is 2. The summed E-state index contributed by atoms with van der Waals surface area (Å²) in [7, 11) is 0. The first-order valence-corrected chi connectivity index (χ1v) is 10.6. The van der Waals surface area contributed by atoms with Crippen LogP contribution in [-0.2, 0) is 6.54 Å². The fourth-order valence-electron chi connectivity index (χ4n) is 3.79. The van der Waals surface area contributed by atoms with E-state index in [0.29, 0.717) is 6.17 Å². The van der Waals surface area contributed by atoms with Gasteiger partial charge in [0, 0.05) is 25.5 Å². The number of rotatable bonds is 13. The van der Waals surface area contributed by atoms with Crippen molar-refractivity contribution in [1.82, 2.24) is 9.80 Å². The third kappa shape index (κ3) is 7.13. The van der Waals surface area contributed by atoms with E-state index in [1.807, 2.05) is 0 Å². The van der Waals surface area contributed by atoms with E-state index in [1.54, 1.807) is 0 Å². The predicted molar refractivity (Wildman–Crippen MR) is 109 cm³/mol. The van der Waals surface area contributed by atoms with Crippen molar-refractivity contribution in [1.29, 1.82) is 0 Å². The zero-order chi connectivity index (χ0) is 17.7. The lowest BCUT2D eigenvalue weighted by Crippen LogP contribution is -2.38. The molecule has 1 atom stereocenters. The summed E-state index contributed by atoms with van der Waals surface area (Å²) < 4.78 is 0. The quantitative estimate of drug-likeness (QED) is 0.375. The number of benzene rings is 1. The summed E-state index contributed by atoms with van der Waals surface area (Å²) in [4.78, 5) is 5.08. The largest absolute Gasteiger partial charge is 0.356 e. The first-order valence-electron chi connectivity index (χ1n) is 10.6. The molecule has 140 valence electrons. The third-order valence-electron chi connectivity index (χ3n) is 5.22. The van der Waals surface area contributed by atoms with Gasteiger partial charge in [0.2, 0.25) is 0 Å². The Bertz CT molecular complexity index is 468. The van der Waals surface area contributed by atoms with E-state index >= 15 is 0 Å². The second-order valence-corrected chi connectivity index (χ2v) is 7.44. The maximum absolute atomic E-state index is 2.55. The van der Waals surface area contributed by atoms with E-state index in [0.717, 1.165) is 6.54 Å². The highest BCUT2D eigenvalue weighted by Crippen LogP contribution is 2.24. The van der Waals surface area contributed by atoms with Crippen LogP contribution in [0.1, 0.15) is 83.6 Å². The highest BCUT2D eigenvalue weighted by Gasteiger charge is 2.24. The molecule has 0 saturated heterocycles. The van der Waals surface area contributed by atoms with Gasteiger partial charge in [0.1, 0.15) is 6.17 Å². The van der Waals surface area contributed by atoms with E-state index in [9.17, 15) is 0 Å². The minimum atomic E-state index is 0.556. The third-order valence-corrected chi connectivity index (χ3v) is 5.22. The van der Waals surface area contributed by atoms with Crippen molar-refractivity contribution in [2.45, 2.75) is 90.8 Å². The summed E-state index contributed by atoms with van der Waals surface area (Å²) in [5.74, 6) is 0. The van der Waals surface area contributed by atoms with Gasteiger partial charge in [-0.25, -0.2) is 0 Å². The number of hydrogen-bond acceptors (Lipinski definition) is 2. The molecular formula is C23H38N2. The smallest absolute Gasteiger partial charge is 0.101 e. The molecule has 0 saturated carbocycles. The molecule has 0 aromatic heterocycles. The van der Waals surface area contributed by atoms with Crippen molar-refractivity contribution in [2.75, 3.05) is 6.54 Å². The van der Waals surface area contributed by atoms with Crippen LogP contribution in [0.5, 0.6) is 0 Å². The summed E-state index contributed by atoms with van der Waals surface area (Å²) >= 11 is 0. The molecule has 1 aliphatic heterocycles. The molecule has 1 heterocycles. The summed E-state index contributed by atoms with van der Waals surface area (Å²) in [5, 5.41) is 0. The predicted octanol–water partition coefficient (Wildman–Crippen LogP) is 6.54. The van der Waals surface area contributed by atoms with Crippen LogP contribution in [0.2, 0.25) is 0 Å². The molecule has 0 radical (unpaired) electrons. The molecule has 0 bridgehead atoms. The molecule has 1 aliphatic rings. The van der Waals surface area contributed by atoms with Crippen LogP contribution in [0.4, 0.5) is 0 Å². The van der Waals surface area contributed by atoms with Crippen LogP contribution in [0.3, 0.4) is 0 Å². The Kier molecular flexibility index (Phi) is 9.54. The summed E-state index contributed by atoms with van der Waals surface area (Å²) in [6.45, 7) is 6.77. The van der Waals surface area contributed by atoms with Crippen molar-refractivity contribution in [3.63, 3.8) is 0 Å². The van der Waals surface area contributed by atoms with Gasteiger partial charge < -0.3 is 9.80 Å². The van der Waals surface area contributed by atoms with Crippen molar-refractivity contribution in [3.05, 3.63) is 48.3 Å². The SMILES string of the molecule is CCCCCCCCCCC1N(CCC)C=CN1Cc1ccccc1. The minimum absolute atomic E-state index is 0.556. The van der Waals surface area contributed by atoms with Gasteiger partial charge in [-0.3, -0.25) is 0 Å². The van der Waals surface area contributed by atoms with E-state index < -0.39 is 0 Å². The van der Waals surface area contributed by atoms with E-state index in [-0.39, 0.29) is 0 Å². The molecule has 0 spiro atoms. The Balaban J connectivity index is 1.73. The molecule has 1 unspecified atom stereocenters. The summed E-state index contributed by atoms with van der Waals surface area (Å²) in [5.41, 5.74) is 1.41. The van der Waals surface area contributed by atoms with Crippen molar-refractivity contribution >= 4 is 0 Å². The van der Waals surface area contributed by atoms with Crippen LogP contribution in [0.15, 0.2) is 42.7 Å². The molecule has 2 nitrogen and oxygen atoms in total. The minimum Gasteiger partial charge on any atom is -0.356 e. The fraction of sp³-hybridized carbons (Fsp3) is 0.652. The summed E-state index contributed by atoms with van der Waals surface area (Å²) in [6.07, 6.45) is 18.9. The second kappa shape index (κ2) is 12.0. The number of hydrogen-bond donors (Lipinski definition) is 0. The normalized spacial score (nSPS) is 16.8. The Labute approximate surface area is 155 Å². The zero-order valence-electron chi connectivity index (χ0n) is 16.5. The molecule has 0 amide bonds.